The van der Waals surface area contributed by atoms with E-state index in [4.69, 9.17) is 9.15 Å². The van der Waals surface area contributed by atoms with Gasteiger partial charge in [0, 0.05) is 20.2 Å². The molecule has 1 aromatic heterocycles. The largest absolute Gasteiger partial charge is 0.460 e. The Morgan fingerprint density at radius 1 is 1.29 bits per heavy atom. The topological polar surface area (TPSA) is 45.8 Å². The molecule has 3 rings (SSSR count). The SMILES string of the molecule is CO[C@H]1CN(Cc2ccc(-c3ccccc3F)o2)C[C@@H]1O. The van der Waals surface area contributed by atoms with Crippen molar-refractivity contribution in [2.24, 2.45) is 0 Å². The van der Waals surface area contributed by atoms with Crippen molar-refractivity contribution < 1.29 is 18.7 Å². The Bertz CT molecular complexity index is 613. The van der Waals surface area contributed by atoms with Gasteiger partial charge in [0.15, 0.2) is 0 Å². The van der Waals surface area contributed by atoms with Crippen LogP contribution in [0, 0.1) is 5.82 Å². The van der Waals surface area contributed by atoms with Crippen LogP contribution in [0.15, 0.2) is 40.8 Å². The van der Waals surface area contributed by atoms with Gasteiger partial charge in [-0.15, -0.1) is 0 Å². The van der Waals surface area contributed by atoms with Gasteiger partial charge >= 0.3 is 0 Å². The minimum atomic E-state index is -0.476. The van der Waals surface area contributed by atoms with Crippen LogP contribution in [0.25, 0.3) is 11.3 Å². The molecule has 0 aliphatic carbocycles. The maximum absolute atomic E-state index is 13.7. The van der Waals surface area contributed by atoms with Gasteiger partial charge in [-0.1, -0.05) is 12.1 Å². The molecule has 0 unspecified atom stereocenters. The van der Waals surface area contributed by atoms with Crippen molar-refractivity contribution >= 4 is 0 Å². The highest BCUT2D eigenvalue weighted by atomic mass is 19.1. The van der Waals surface area contributed by atoms with E-state index in [9.17, 15) is 9.50 Å². The fourth-order valence-corrected chi connectivity index (χ4v) is 2.68. The number of rotatable bonds is 4. The van der Waals surface area contributed by atoms with Gasteiger partial charge in [-0.2, -0.15) is 0 Å². The van der Waals surface area contributed by atoms with E-state index in [2.05, 4.69) is 4.90 Å². The first-order valence-corrected chi connectivity index (χ1v) is 6.94. The normalized spacial score (nSPS) is 22.8. The third-order valence-electron chi connectivity index (χ3n) is 3.80. The Kier molecular flexibility index (Phi) is 4.05. The van der Waals surface area contributed by atoms with E-state index in [1.54, 1.807) is 31.4 Å². The first-order valence-electron chi connectivity index (χ1n) is 6.94. The zero-order valence-corrected chi connectivity index (χ0v) is 11.8. The van der Waals surface area contributed by atoms with Crippen LogP contribution in [0.2, 0.25) is 0 Å². The van der Waals surface area contributed by atoms with Gasteiger partial charge in [-0.05, 0) is 24.3 Å². The molecule has 1 saturated heterocycles. The second-order valence-electron chi connectivity index (χ2n) is 5.28. The maximum atomic E-state index is 13.7. The summed E-state index contributed by atoms with van der Waals surface area (Å²) in [6, 6.07) is 10.2. The Morgan fingerprint density at radius 2 is 2.10 bits per heavy atom. The fourth-order valence-electron chi connectivity index (χ4n) is 2.68. The van der Waals surface area contributed by atoms with Crippen LogP contribution >= 0.6 is 0 Å². The second-order valence-corrected chi connectivity index (χ2v) is 5.28. The monoisotopic (exact) mass is 291 g/mol. The molecule has 4 nitrogen and oxygen atoms in total. The predicted octanol–water partition coefficient (Wildman–Crippen LogP) is 2.28. The van der Waals surface area contributed by atoms with Crippen LogP contribution in [-0.2, 0) is 11.3 Å². The average molecular weight is 291 g/mol. The summed E-state index contributed by atoms with van der Waals surface area (Å²) in [5, 5.41) is 9.81. The van der Waals surface area contributed by atoms with Crippen LogP contribution < -0.4 is 0 Å². The molecular weight excluding hydrogens is 273 g/mol. The average Bonchev–Trinajstić information content (AvgIpc) is 3.06. The van der Waals surface area contributed by atoms with Gasteiger partial charge < -0.3 is 14.3 Å². The van der Waals surface area contributed by atoms with Gasteiger partial charge in [0.25, 0.3) is 0 Å². The fraction of sp³-hybridized carbons (Fsp3) is 0.375. The van der Waals surface area contributed by atoms with E-state index in [-0.39, 0.29) is 11.9 Å². The maximum Gasteiger partial charge on any atom is 0.137 e. The lowest BCUT2D eigenvalue weighted by molar-refractivity contribution is 0.0214. The molecule has 0 spiro atoms. The summed E-state index contributed by atoms with van der Waals surface area (Å²) in [5.74, 6) is 0.970. The van der Waals surface area contributed by atoms with Crippen molar-refractivity contribution in [1.29, 1.82) is 0 Å². The third-order valence-corrected chi connectivity index (χ3v) is 3.80. The molecule has 1 fully saturated rings. The van der Waals surface area contributed by atoms with Crippen molar-refractivity contribution in [3.8, 4) is 11.3 Å². The number of β-amino-alcohol motifs (C(OH)–C–C–N with tert-alkyl or cyclic N) is 1. The number of methoxy groups -OCH3 is 1. The molecule has 0 amide bonds. The van der Waals surface area contributed by atoms with Gasteiger partial charge in [0.2, 0.25) is 0 Å². The van der Waals surface area contributed by atoms with E-state index >= 15 is 0 Å². The van der Waals surface area contributed by atoms with Crippen molar-refractivity contribution in [3.63, 3.8) is 0 Å². The summed E-state index contributed by atoms with van der Waals surface area (Å²) < 4.78 is 24.6. The van der Waals surface area contributed by atoms with E-state index < -0.39 is 6.10 Å². The highest BCUT2D eigenvalue weighted by Gasteiger charge is 2.31. The number of halogens is 1. The number of aliphatic hydroxyl groups excluding tert-OH is 1. The number of aliphatic hydroxyl groups is 1. The predicted molar refractivity (Wildman–Crippen MR) is 76.2 cm³/mol. The van der Waals surface area contributed by atoms with Crippen molar-refractivity contribution in [3.05, 3.63) is 48.0 Å². The number of hydrogen-bond donors (Lipinski definition) is 1. The molecule has 2 heterocycles. The lowest BCUT2D eigenvalue weighted by Gasteiger charge is -2.12. The zero-order valence-electron chi connectivity index (χ0n) is 11.8. The summed E-state index contributed by atoms with van der Waals surface area (Å²) in [7, 11) is 1.60. The molecule has 112 valence electrons. The molecule has 21 heavy (non-hydrogen) atoms. The molecule has 1 aromatic carbocycles. The molecular formula is C16H18FNO3. The summed E-state index contributed by atoms with van der Waals surface area (Å²) in [5.41, 5.74) is 0.458. The third kappa shape index (κ3) is 3.00. The Morgan fingerprint density at radius 3 is 2.81 bits per heavy atom. The second kappa shape index (κ2) is 5.97. The molecule has 1 aliphatic heterocycles. The van der Waals surface area contributed by atoms with E-state index in [1.807, 2.05) is 6.07 Å². The van der Waals surface area contributed by atoms with Gasteiger partial charge in [0.1, 0.15) is 17.3 Å². The van der Waals surface area contributed by atoms with E-state index in [1.165, 1.54) is 6.07 Å². The van der Waals surface area contributed by atoms with Crippen molar-refractivity contribution in [2.75, 3.05) is 20.2 Å². The molecule has 2 atom stereocenters. The minimum Gasteiger partial charge on any atom is -0.460 e. The lowest BCUT2D eigenvalue weighted by Crippen LogP contribution is -2.25. The molecule has 2 aromatic rings. The number of benzene rings is 1. The van der Waals surface area contributed by atoms with Gasteiger partial charge in [-0.3, -0.25) is 4.90 Å². The number of ether oxygens (including phenoxy) is 1. The lowest BCUT2D eigenvalue weighted by atomic mass is 10.1. The molecule has 1 aliphatic rings. The van der Waals surface area contributed by atoms with Gasteiger partial charge in [0.05, 0.1) is 24.3 Å². The summed E-state index contributed by atoms with van der Waals surface area (Å²) >= 11 is 0. The number of nitrogens with zero attached hydrogens (tertiary/aromatic N) is 1. The number of hydrogen-bond acceptors (Lipinski definition) is 4. The van der Waals surface area contributed by atoms with Crippen LogP contribution in [-0.4, -0.2) is 42.4 Å². The smallest absolute Gasteiger partial charge is 0.137 e. The van der Waals surface area contributed by atoms with Crippen LogP contribution in [0.3, 0.4) is 0 Å². The minimum absolute atomic E-state index is 0.161. The molecule has 0 radical (unpaired) electrons. The Hall–Kier alpha value is -1.69. The number of likely N-dealkylation sites (tertiary alicyclic amines) is 1. The molecule has 0 saturated carbocycles. The summed E-state index contributed by atoms with van der Waals surface area (Å²) in [6.07, 6.45) is -0.637. The Balaban J connectivity index is 1.70. The summed E-state index contributed by atoms with van der Waals surface area (Å²) in [4.78, 5) is 2.06. The first-order chi connectivity index (χ1) is 10.2. The molecule has 0 bridgehead atoms. The standard InChI is InChI=1S/C16H18FNO3/c1-20-16-10-18(9-14(16)19)8-11-6-7-15(21-11)12-4-2-3-5-13(12)17/h2-7,14,16,19H,8-10H2,1H3/t14-,16-/m0/s1. The van der Waals surface area contributed by atoms with Crippen LogP contribution in [0.4, 0.5) is 4.39 Å². The van der Waals surface area contributed by atoms with Crippen molar-refractivity contribution in [1.82, 2.24) is 4.90 Å². The Labute approximate surface area is 122 Å². The van der Waals surface area contributed by atoms with Crippen LogP contribution in [0.1, 0.15) is 5.76 Å². The zero-order chi connectivity index (χ0) is 14.8. The van der Waals surface area contributed by atoms with E-state index in [0.29, 0.717) is 31.0 Å². The first kappa shape index (κ1) is 14.3. The van der Waals surface area contributed by atoms with Crippen LogP contribution in [0.5, 0.6) is 0 Å². The summed E-state index contributed by atoms with van der Waals surface area (Å²) in [6.45, 7) is 1.78. The quantitative estimate of drug-likeness (QED) is 0.938. The molecule has 1 N–H and O–H groups in total. The molecule has 5 heteroatoms. The van der Waals surface area contributed by atoms with Crippen molar-refractivity contribution in [2.45, 2.75) is 18.8 Å². The van der Waals surface area contributed by atoms with Gasteiger partial charge in [-0.25, -0.2) is 4.39 Å². The highest BCUT2D eigenvalue weighted by Crippen LogP contribution is 2.26. The highest BCUT2D eigenvalue weighted by molar-refractivity contribution is 5.58. The number of furan rings is 1. The van der Waals surface area contributed by atoms with E-state index in [0.717, 1.165) is 5.76 Å².